The van der Waals surface area contributed by atoms with E-state index in [1.807, 2.05) is 12.2 Å². The number of unbranched alkanes of at least 4 members (excludes halogenated alkanes) is 16. The highest BCUT2D eigenvalue weighted by Crippen LogP contribution is 2.14. The molecular weight excluding hydrogens is 314 g/mol. The molecule has 0 bridgehead atoms. The van der Waals surface area contributed by atoms with Crippen LogP contribution in [0, 0.1) is 0 Å². The summed E-state index contributed by atoms with van der Waals surface area (Å²) < 4.78 is 0. The van der Waals surface area contributed by atoms with Gasteiger partial charge in [0, 0.05) is 13.1 Å². The first-order valence-corrected chi connectivity index (χ1v) is 11.8. The maximum Gasteiger partial charge on any atom is 0.0163 e. The molecule has 0 radical (unpaired) electrons. The van der Waals surface area contributed by atoms with Crippen LogP contribution in [0.1, 0.15) is 116 Å². The van der Waals surface area contributed by atoms with Gasteiger partial charge in [0.15, 0.2) is 0 Å². The Bertz CT molecular complexity index is 274. The van der Waals surface area contributed by atoms with Crippen LogP contribution >= 0.6 is 0 Å². The molecule has 0 saturated heterocycles. The van der Waals surface area contributed by atoms with E-state index in [2.05, 4.69) is 25.0 Å². The summed E-state index contributed by atoms with van der Waals surface area (Å²) in [6.45, 7) is 13.1. The third kappa shape index (κ3) is 19.8. The second-order valence-electron chi connectivity index (χ2n) is 7.99. The topological polar surface area (TPSA) is 3.24 Å². The highest BCUT2D eigenvalue weighted by atomic mass is 15.1. The van der Waals surface area contributed by atoms with Crippen LogP contribution in [0.3, 0.4) is 0 Å². The molecule has 0 aromatic carbocycles. The Kier molecular flexibility index (Phi) is 22.0. The first-order chi connectivity index (χ1) is 12.8. The largest absolute Gasteiger partial charge is 0.296 e. The van der Waals surface area contributed by atoms with Crippen molar-refractivity contribution in [3.63, 3.8) is 0 Å². The molecule has 0 N–H and O–H groups in total. The first-order valence-electron chi connectivity index (χ1n) is 11.8. The Morgan fingerprint density at radius 1 is 0.500 bits per heavy atom. The molecule has 1 heteroatoms. The number of hydrogen-bond donors (Lipinski definition) is 0. The molecule has 0 saturated carbocycles. The van der Waals surface area contributed by atoms with Crippen LogP contribution < -0.4 is 0 Å². The van der Waals surface area contributed by atoms with E-state index in [0.29, 0.717) is 0 Å². The van der Waals surface area contributed by atoms with Gasteiger partial charge in [-0.15, -0.1) is 13.2 Å². The first kappa shape index (κ1) is 25.4. The molecule has 0 heterocycles. The van der Waals surface area contributed by atoms with Crippen LogP contribution in [-0.2, 0) is 0 Å². The van der Waals surface area contributed by atoms with E-state index in [9.17, 15) is 0 Å². The van der Waals surface area contributed by atoms with Gasteiger partial charge in [-0.1, -0.05) is 122 Å². The summed E-state index contributed by atoms with van der Waals surface area (Å²) in [6, 6.07) is 0. The van der Waals surface area contributed by atoms with Crippen LogP contribution in [0.2, 0.25) is 0 Å². The lowest BCUT2D eigenvalue weighted by atomic mass is 10.0. The SMILES string of the molecule is C=CCN(CC=C)CCCCCCCCCCCCCCCCCCC. The molecule has 154 valence electrons. The molecular formula is C25H49N. The van der Waals surface area contributed by atoms with Crippen molar-refractivity contribution in [3.8, 4) is 0 Å². The van der Waals surface area contributed by atoms with Gasteiger partial charge in [-0.05, 0) is 13.0 Å². The van der Waals surface area contributed by atoms with Gasteiger partial charge >= 0.3 is 0 Å². The van der Waals surface area contributed by atoms with Crippen LogP contribution in [0.15, 0.2) is 25.3 Å². The minimum Gasteiger partial charge on any atom is -0.296 e. The lowest BCUT2D eigenvalue weighted by Crippen LogP contribution is -2.24. The molecule has 0 unspecified atom stereocenters. The normalized spacial score (nSPS) is 11.2. The van der Waals surface area contributed by atoms with Crippen molar-refractivity contribution in [2.45, 2.75) is 116 Å². The van der Waals surface area contributed by atoms with E-state index in [1.165, 1.54) is 116 Å². The molecule has 26 heavy (non-hydrogen) atoms. The van der Waals surface area contributed by atoms with Gasteiger partial charge in [0.2, 0.25) is 0 Å². The van der Waals surface area contributed by atoms with Gasteiger partial charge in [-0.2, -0.15) is 0 Å². The third-order valence-corrected chi connectivity index (χ3v) is 5.35. The van der Waals surface area contributed by atoms with E-state index in [-0.39, 0.29) is 0 Å². The van der Waals surface area contributed by atoms with Gasteiger partial charge in [0.1, 0.15) is 0 Å². The molecule has 0 spiro atoms. The Balaban J connectivity index is 3.15. The molecule has 0 aliphatic heterocycles. The Morgan fingerprint density at radius 3 is 1.12 bits per heavy atom. The van der Waals surface area contributed by atoms with Gasteiger partial charge < -0.3 is 0 Å². The fraction of sp³-hybridized carbons (Fsp3) is 0.840. The van der Waals surface area contributed by atoms with E-state index >= 15 is 0 Å². The van der Waals surface area contributed by atoms with Crippen molar-refractivity contribution in [2.24, 2.45) is 0 Å². The number of rotatable bonds is 22. The molecule has 0 aliphatic rings. The molecule has 0 rings (SSSR count). The highest BCUT2D eigenvalue weighted by molar-refractivity contribution is 4.79. The standard InChI is InChI=1S/C25H49N/c1-4-7-8-9-10-11-12-13-14-15-16-17-18-19-20-21-22-25-26(23-5-2)24-6-3/h5-6H,2-4,7-25H2,1H3. The zero-order valence-corrected chi connectivity index (χ0v) is 18.2. The van der Waals surface area contributed by atoms with Crippen LogP contribution in [0.5, 0.6) is 0 Å². The van der Waals surface area contributed by atoms with E-state index < -0.39 is 0 Å². The van der Waals surface area contributed by atoms with Crippen LogP contribution in [0.25, 0.3) is 0 Å². The minimum absolute atomic E-state index is 0.991. The smallest absolute Gasteiger partial charge is 0.0163 e. The van der Waals surface area contributed by atoms with Crippen molar-refractivity contribution in [1.29, 1.82) is 0 Å². The van der Waals surface area contributed by atoms with Gasteiger partial charge in [-0.3, -0.25) is 4.90 Å². The van der Waals surface area contributed by atoms with E-state index in [1.54, 1.807) is 0 Å². The summed E-state index contributed by atoms with van der Waals surface area (Å²) in [4.78, 5) is 2.42. The van der Waals surface area contributed by atoms with E-state index in [0.717, 1.165) is 13.1 Å². The van der Waals surface area contributed by atoms with Crippen molar-refractivity contribution in [1.82, 2.24) is 4.90 Å². The molecule has 0 aliphatic carbocycles. The minimum atomic E-state index is 0.991. The quantitative estimate of drug-likeness (QED) is 0.138. The lowest BCUT2D eigenvalue weighted by molar-refractivity contribution is 0.324. The zero-order valence-electron chi connectivity index (χ0n) is 18.2. The van der Waals surface area contributed by atoms with Gasteiger partial charge in [0.25, 0.3) is 0 Å². The Labute approximate surface area is 166 Å². The van der Waals surface area contributed by atoms with Gasteiger partial charge in [0.05, 0.1) is 0 Å². The lowest BCUT2D eigenvalue weighted by Gasteiger charge is -2.18. The van der Waals surface area contributed by atoms with Crippen molar-refractivity contribution >= 4 is 0 Å². The fourth-order valence-electron chi connectivity index (χ4n) is 3.68. The van der Waals surface area contributed by atoms with Crippen LogP contribution in [-0.4, -0.2) is 24.5 Å². The second kappa shape index (κ2) is 22.5. The predicted molar refractivity (Wildman–Crippen MR) is 121 cm³/mol. The maximum absolute atomic E-state index is 3.83. The van der Waals surface area contributed by atoms with Crippen molar-refractivity contribution in [3.05, 3.63) is 25.3 Å². The molecule has 0 amide bonds. The maximum atomic E-state index is 3.83. The molecule has 0 atom stereocenters. The fourth-order valence-corrected chi connectivity index (χ4v) is 3.68. The predicted octanol–water partition coefficient (Wildman–Crippen LogP) is 8.31. The Hall–Kier alpha value is -0.560. The second-order valence-corrected chi connectivity index (χ2v) is 7.99. The summed E-state index contributed by atoms with van der Waals surface area (Å²) >= 11 is 0. The third-order valence-electron chi connectivity index (χ3n) is 5.35. The van der Waals surface area contributed by atoms with Crippen LogP contribution in [0.4, 0.5) is 0 Å². The number of hydrogen-bond acceptors (Lipinski definition) is 1. The van der Waals surface area contributed by atoms with Crippen molar-refractivity contribution < 1.29 is 0 Å². The molecule has 1 nitrogen and oxygen atoms in total. The summed E-state index contributed by atoms with van der Waals surface area (Å²) in [5.41, 5.74) is 0. The molecule has 0 aromatic rings. The van der Waals surface area contributed by atoms with Crippen molar-refractivity contribution in [2.75, 3.05) is 19.6 Å². The van der Waals surface area contributed by atoms with E-state index in [4.69, 9.17) is 0 Å². The number of nitrogens with zero attached hydrogens (tertiary/aromatic N) is 1. The summed E-state index contributed by atoms with van der Waals surface area (Å²) in [7, 11) is 0. The summed E-state index contributed by atoms with van der Waals surface area (Å²) in [6.07, 6.45) is 28.4. The average molecular weight is 364 g/mol. The highest BCUT2D eigenvalue weighted by Gasteiger charge is 2.00. The molecule has 0 fully saturated rings. The summed E-state index contributed by atoms with van der Waals surface area (Å²) in [5.74, 6) is 0. The zero-order chi connectivity index (χ0) is 19.1. The Morgan fingerprint density at radius 2 is 0.808 bits per heavy atom. The van der Waals surface area contributed by atoms with Gasteiger partial charge in [-0.25, -0.2) is 0 Å². The monoisotopic (exact) mass is 363 g/mol. The summed E-state index contributed by atoms with van der Waals surface area (Å²) in [5, 5.41) is 0. The molecule has 0 aromatic heterocycles. The average Bonchev–Trinajstić information content (AvgIpc) is 2.64.